The average Bonchev–Trinajstić information content (AvgIpc) is 3.17. The van der Waals surface area contributed by atoms with Crippen molar-refractivity contribution in [3.63, 3.8) is 0 Å². The lowest BCUT2D eigenvalue weighted by Gasteiger charge is -2.13. The number of rotatable bonds is 6. The van der Waals surface area contributed by atoms with Gasteiger partial charge >= 0.3 is 6.18 Å². The summed E-state index contributed by atoms with van der Waals surface area (Å²) in [6.07, 6.45) is -1.10. The van der Waals surface area contributed by atoms with E-state index in [1.54, 1.807) is 19.3 Å². The zero-order valence-electron chi connectivity index (χ0n) is 14.7. The Bertz CT molecular complexity index is 945. The van der Waals surface area contributed by atoms with Gasteiger partial charge in [0.25, 0.3) is 5.91 Å². The first-order chi connectivity index (χ1) is 13.3. The Balaban J connectivity index is 1.56. The first-order valence-electron chi connectivity index (χ1n) is 8.28. The van der Waals surface area contributed by atoms with E-state index >= 15 is 0 Å². The summed E-state index contributed by atoms with van der Waals surface area (Å²) in [6, 6.07) is 7.73. The molecule has 0 fully saturated rings. The summed E-state index contributed by atoms with van der Waals surface area (Å²) < 4.78 is 43.3. The molecule has 9 heteroatoms. The van der Waals surface area contributed by atoms with Crippen LogP contribution in [0.25, 0.3) is 11.3 Å². The number of pyridine rings is 1. The number of halogens is 3. The maximum Gasteiger partial charge on any atom is 0.416 e. The quantitative estimate of drug-likeness (QED) is 0.654. The molecule has 5 nitrogen and oxygen atoms in total. The molecule has 1 unspecified atom stereocenters. The van der Waals surface area contributed by atoms with Gasteiger partial charge in [-0.1, -0.05) is 6.07 Å². The zero-order valence-corrected chi connectivity index (χ0v) is 15.6. The fourth-order valence-electron chi connectivity index (χ4n) is 2.39. The van der Waals surface area contributed by atoms with Crippen molar-refractivity contribution in [2.75, 3.05) is 6.61 Å². The predicted octanol–water partition coefficient (Wildman–Crippen LogP) is 4.48. The van der Waals surface area contributed by atoms with Crippen LogP contribution in [0.4, 0.5) is 13.2 Å². The van der Waals surface area contributed by atoms with Crippen molar-refractivity contribution in [3.8, 4) is 17.0 Å². The number of carbonyl (C=O) groups excluding carboxylic acids is 1. The molecule has 0 aliphatic rings. The molecule has 0 aliphatic carbocycles. The van der Waals surface area contributed by atoms with Crippen molar-refractivity contribution < 1.29 is 22.7 Å². The Hall–Kier alpha value is -2.94. The van der Waals surface area contributed by atoms with Crippen molar-refractivity contribution in [2.24, 2.45) is 0 Å². The molecule has 0 bridgehead atoms. The highest BCUT2D eigenvalue weighted by atomic mass is 32.1. The number of carbonyl (C=O) groups is 1. The predicted molar refractivity (Wildman–Crippen MR) is 98.8 cm³/mol. The first-order valence-corrected chi connectivity index (χ1v) is 9.16. The summed E-state index contributed by atoms with van der Waals surface area (Å²) in [5.41, 5.74) is 0.801. The third kappa shape index (κ3) is 5.07. The maximum absolute atomic E-state index is 12.7. The molecule has 0 spiro atoms. The summed E-state index contributed by atoms with van der Waals surface area (Å²) in [7, 11) is 0. The molecule has 0 radical (unpaired) electrons. The topological polar surface area (TPSA) is 64.1 Å². The Morgan fingerprint density at radius 2 is 2.11 bits per heavy atom. The van der Waals surface area contributed by atoms with Gasteiger partial charge in [0.1, 0.15) is 10.8 Å². The molecule has 0 saturated heterocycles. The summed E-state index contributed by atoms with van der Waals surface area (Å²) in [6.45, 7) is 1.38. The van der Waals surface area contributed by atoms with Gasteiger partial charge in [-0.3, -0.25) is 9.78 Å². The lowest BCUT2D eigenvalue weighted by molar-refractivity contribution is -0.137. The van der Waals surface area contributed by atoms with Crippen molar-refractivity contribution in [3.05, 3.63) is 64.7 Å². The third-order valence-corrected chi connectivity index (χ3v) is 4.79. The number of hydrogen-bond donors (Lipinski definition) is 1. The number of amides is 1. The van der Waals surface area contributed by atoms with E-state index in [4.69, 9.17) is 4.74 Å². The third-order valence-electron chi connectivity index (χ3n) is 3.76. The number of benzene rings is 1. The van der Waals surface area contributed by atoms with Crippen molar-refractivity contribution in [1.82, 2.24) is 15.3 Å². The van der Waals surface area contributed by atoms with Gasteiger partial charge in [0.2, 0.25) is 0 Å². The van der Waals surface area contributed by atoms with Crippen LogP contribution in [0.2, 0.25) is 0 Å². The van der Waals surface area contributed by atoms with Gasteiger partial charge in [-0.15, -0.1) is 11.3 Å². The van der Waals surface area contributed by atoms with E-state index in [-0.39, 0.29) is 11.8 Å². The van der Waals surface area contributed by atoms with Gasteiger partial charge in [0.15, 0.2) is 6.61 Å². The van der Waals surface area contributed by atoms with Gasteiger partial charge in [0.05, 0.1) is 17.3 Å². The number of ether oxygens (including phenoxy) is 1. The second-order valence-corrected chi connectivity index (χ2v) is 6.81. The molecule has 146 valence electrons. The van der Waals surface area contributed by atoms with Gasteiger partial charge in [0, 0.05) is 23.3 Å². The fourth-order valence-corrected chi connectivity index (χ4v) is 3.22. The number of alkyl halides is 3. The zero-order chi connectivity index (χ0) is 20.1. The summed E-state index contributed by atoms with van der Waals surface area (Å²) in [5.74, 6) is -0.478. The van der Waals surface area contributed by atoms with Crippen LogP contribution in [0.15, 0.2) is 54.2 Å². The lowest BCUT2D eigenvalue weighted by Crippen LogP contribution is -2.31. The average molecular weight is 407 g/mol. The summed E-state index contributed by atoms with van der Waals surface area (Å²) in [5, 5.41) is 5.29. The van der Waals surface area contributed by atoms with Gasteiger partial charge in [-0.05, 0) is 37.3 Å². The maximum atomic E-state index is 12.7. The summed E-state index contributed by atoms with van der Waals surface area (Å²) >= 11 is 1.39. The molecular weight excluding hydrogens is 391 g/mol. The number of hydrogen-bond acceptors (Lipinski definition) is 5. The van der Waals surface area contributed by atoms with Crippen LogP contribution in [0.1, 0.15) is 23.5 Å². The van der Waals surface area contributed by atoms with Crippen LogP contribution in [0, 0.1) is 0 Å². The second kappa shape index (κ2) is 8.39. The monoisotopic (exact) mass is 407 g/mol. The van der Waals surface area contributed by atoms with Crippen LogP contribution in [-0.2, 0) is 11.0 Å². The van der Waals surface area contributed by atoms with Gasteiger partial charge in [-0.2, -0.15) is 13.2 Å². The normalized spacial score (nSPS) is 12.4. The standard InChI is InChI=1S/C19H16F3N3O2S/c1-12(18-25-16(11-28-18)13-4-3-7-23-9-13)24-17(26)10-27-15-6-2-5-14(8-15)19(20,21)22/h2-9,11-12H,10H2,1H3,(H,24,26). The number of nitrogens with zero attached hydrogens (tertiary/aromatic N) is 2. The number of nitrogens with one attached hydrogen (secondary N) is 1. The number of aromatic nitrogens is 2. The SMILES string of the molecule is CC(NC(=O)COc1cccc(C(F)(F)F)c1)c1nc(-c2cccnc2)cs1. The molecule has 1 N–H and O–H groups in total. The van der Waals surface area contributed by atoms with Crippen LogP contribution in [-0.4, -0.2) is 22.5 Å². The fraction of sp³-hybridized carbons (Fsp3) is 0.211. The molecule has 3 rings (SSSR count). The molecule has 2 heterocycles. The Kier molecular flexibility index (Phi) is 5.93. The second-order valence-electron chi connectivity index (χ2n) is 5.92. The molecule has 1 atom stereocenters. The molecule has 1 aromatic carbocycles. The lowest BCUT2D eigenvalue weighted by atomic mass is 10.2. The molecule has 2 aromatic heterocycles. The Morgan fingerprint density at radius 3 is 2.82 bits per heavy atom. The van der Waals surface area contributed by atoms with E-state index in [1.807, 2.05) is 17.5 Å². The highest BCUT2D eigenvalue weighted by Gasteiger charge is 2.30. The Morgan fingerprint density at radius 1 is 1.29 bits per heavy atom. The first kappa shape index (κ1) is 19.8. The molecule has 28 heavy (non-hydrogen) atoms. The van der Waals surface area contributed by atoms with Crippen molar-refractivity contribution >= 4 is 17.2 Å². The minimum Gasteiger partial charge on any atom is -0.484 e. The highest BCUT2D eigenvalue weighted by Crippen LogP contribution is 2.31. The van der Waals surface area contributed by atoms with Crippen molar-refractivity contribution in [1.29, 1.82) is 0 Å². The van der Waals surface area contributed by atoms with Gasteiger partial charge in [-0.25, -0.2) is 4.98 Å². The molecular formula is C19H16F3N3O2S. The molecule has 0 saturated carbocycles. The van der Waals surface area contributed by atoms with Gasteiger partial charge < -0.3 is 10.1 Å². The van der Waals surface area contributed by atoms with E-state index in [0.29, 0.717) is 5.01 Å². The highest BCUT2D eigenvalue weighted by molar-refractivity contribution is 7.10. The Labute approximate surface area is 163 Å². The van der Waals surface area contributed by atoms with E-state index < -0.39 is 24.3 Å². The molecule has 1 amide bonds. The minimum absolute atomic E-state index is 0.0225. The van der Waals surface area contributed by atoms with E-state index in [2.05, 4.69) is 15.3 Å². The largest absolute Gasteiger partial charge is 0.484 e. The smallest absolute Gasteiger partial charge is 0.416 e. The van der Waals surface area contributed by atoms with Crippen LogP contribution in [0.3, 0.4) is 0 Å². The van der Waals surface area contributed by atoms with E-state index in [0.717, 1.165) is 23.4 Å². The van der Waals surface area contributed by atoms with Crippen LogP contribution < -0.4 is 10.1 Å². The number of thiazole rings is 1. The van der Waals surface area contributed by atoms with Crippen molar-refractivity contribution in [2.45, 2.75) is 19.1 Å². The van der Waals surface area contributed by atoms with E-state index in [1.165, 1.54) is 23.5 Å². The summed E-state index contributed by atoms with van der Waals surface area (Å²) in [4.78, 5) is 20.6. The van der Waals surface area contributed by atoms with Crippen LogP contribution in [0.5, 0.6) is 5.75 Å². The minimum atomic E-state index is -4.47. The molecule has 0 aliphatic heterocycles. The molecule has 3 aromatic rings. The van der Waals surface area contributed by atoms with E-state index in [9.17, 15) is 18.0 Å². The van der Waals surface area contributed by atoms with Crippen LogP contribution >= 0.6 is 11.3 Å².